The number of aryl methyl sites for hydroxylation is 3. The molecule has 0 atom stereocenters. The van der Waals surface area contributed by atoms with E-state index in [2.05, 4.69) is 23.9 Å². The molecule has 0 fully saturated rings. The van der Waals surface area contributed by atoms with E-state index in [0.29, 0.717) is 12.8 Å². The molecule has 0 heterocycles. The van der Waals surface area contributed by atoms with Gasteiger partial charge in [0.05, 0.1) is 4.90 Å². The standard InChI is InChI=1S/C22H30N2O3S/c1-5-18-8-7-9-19(6-2)22(18)23-21(25)15-12-17-10-13-20(14-11-17)28(26,27)24-16(3)4/h7-11,13-14,16,24H,5-6,12,15H2,1-4H3,(H,23,25). The maximum Gasteiger partial charge on any atom is 0.240 e. The molecule has 0 unspecified atom stereocenters. The molecule has 0 spiro atoms. The van der Waals surface area contributed by atoms with Crippen molar-refractivity contribution in [2.75, 3.05) is 5.32 Å². The number of nitrogens with one attached hydrogen (secondary N) is 2. The fourth-order valence-corrected chi connectivity index (χ4v) is 4.33. The number of sulfonamides is 1. The maximum atomic E-state index is 12.5. The summed E-state index contributed by atoms with van der Waals surface area (Å²) in [5.74, 6) is -0.0335. The van der Waals surface area contributed by atoms with Gasteiger partial charge in [-0.25, -0.2) is 13.1 Å². The molecule has 0 bridgehead atoms. The van der Waals surface area contributed by atoms with Gasteiger partial charge in [-0.05, 0) is 61.9 Å². The van der Waals surface area contributed by atoms with Crippen molar-refractivity contribution in [1.82, 2.24) is 4.72 Å². The average Bonchev–Trinajstić information content (AvgIpc) is 2.66. The molecule has 152 valence electrons. The molecular formula is C22H30N2O3S. The van der Waals surface area contributed by atoms with Crippen molar-refractivity contribution < 1.29 is 13.2 Å². The summed E-state index contributed by atoms with van der Waals surface area (Å²) in [6, 6.07) is 12.6. The quantitative estimate of drug-likeness (QED) is 0.664. The number of anilines is 1. The first kappa shape index (κ1) is 22.1. The summed E-state index contributed by atoms with van der Waals surface area (Å²) in [4.78, 5) is 12.7. The molecule has 1 amide bonds. The van der Waals surface area contributed by atoms with Crippen molar-refractivity contribution >= 4 is 21.6 Å². The third kappa shape index (κ3) is 5.91. The molecule has 2 aromatic rings. The van der Waals surface area contributed by atoms with Gasteiger partial charge in [0.1, 0.15) is 0 Å². The Morgan fingerprint density at radius 2 is 1.54 bits per heavy atom. The zero-order valence-corrected chi connectivity index (χ0v) is 17.9. The largest absolute Gasteiger partial charge is 0.326 e. The van der Waals surface area contributed by atoms with Gasteiger partial charge < -0.3 is 5.32 Å². The fourth-order valence-electron chi connectivity index (χ4n) is 3.08. The number of hydrogen-bond acceptors (Lipinski definition) is 3. The number of hydrogen-bond donors (Lipinski definition) is 2. The van der Waals surface area contributed by atoms with Crippen molar-refractivity contribution in [3.63, 3.8) is 0 Å². The van der Waals surface area contributed by atoms with Crippen LogP contribution in [0.25, 0.3) is 0 Å². The summed E-state index contributed by atoms with van der Waals surface area (Å²) >= 11 is 0. The van der Waals surface area contributed by atoms with Crippen molar-refractivity contribution in [3.8, 4) is 0 Å². The van der Waals surface area contributed by atoms with Gasteiger partial charge >= 0.3 is 0 Å². The number of amides is 1. The van der Waals surface area contributed by atoms with E-state index in [1.165, 1.54) is 0 Å². The fraction of sp³-hybridized carbons (Fsp3) is 0.409. The van der Waals surface area contributed by atoms with Crippen molar-refractivity contribution in [2.45, 2.75) is 64.3 Å². The second-order valence-corrected chi connectivity index (χ2v) is 8.84. The van der Waals surface area contributed by atoms with E-state index in [9.17, 15) is 13.2 Å². The van der Waals surface area contributed by atoms with Crippen LogP contribution in [0.5, 0.6) is 0 Å². The highest BCUT2D eigenvalue weighted by Gasteiger charge is 2.15. The smallest absolute Gasteiger partial charge is 0.240 e. The van der Waals surface area contributed by atoms with Gasteiger partial charge in [0.15, 0.2) is 0 Å². The molecule has 28 heavy (non-hydrogen) atoms. The predicted molar refractivity (Wildman–Crippen MR) is 114 cm³/mol. The Morgan fingerprint density at radius 3 is 2.04 bits per heavy atom. The minimum Gasteiger partial charge on any atom is -0.326 e. The van der Waals surface area contributed by atoms with Crippen LogP contribution in [-0.2, 0) is 34.1 Å². The van der Waals surface area contributed by atoms with Gasteiger partial charge in [-0.15, -0.1) is 0 Å². The number of benzene rings is 2. The second-order valence-electron chi connectivity index (χ2n) is 7.13. The van der Waals surface area contributed by atoms with Crippen LogP contribution in [0.1, 0.15) is 50.8 Å². The number of carbonyl (C=O) groups is 1. The summed E-state index contributed by atoms with van der Waals surface area (Å²) in [7, 11) is -3.49. The Balaban J connectivity index is 2.01. The summed E-state index contributed by atoms with van der Waals surface area (Å²) in [6.07, 6.45) is 2.63. The first-order valence-electron chi connectivity index (χ1n) is 9.78. The number of carbonyl (C=O) groups excluding carboxylic acids is 1. The second kappa shape index (κ2) is 9.85. The highest BCUT2D eigenvalue weighted by molar-refractivity contribution is 7.89. The molecular weight excluding hydrogens is 372 g/mol. The van der Waals surface area contributed by atoms with Gasteiger partial charge in [0, 0.05) is 18.2 Å². The normalized spacial score (nSPS) is 11.6. The van der Waals surface area contributed by atoms with Gasteiger partial charge in [-0.1, -0.05) is 44.2 Å². The molecule has 0 saturated heterocycles. The Labute approximate surface area is 168 Å². The Morgan fingerprint density at radius 1 is 0.964 bits per heavy atom. The average molecular weight is 403 g/mol. The zero-order chi connectivity index (χ0) is 20.7. The van der Waals surface area contributed by atoms with E-state index in [1.54, 1.807) is 38.1 Å². The summed E-state index contributed by atoms with van der Waals surface area (Å²) in [6.45, 7) is 7.72. The van der Waals surface area contributed by atoms with Crippen molar-refractivity contribution in [3.05, 3.63) is 59.2 Å². The van der Waals surface area contributed by atoms with E-state index < -0.39 is 10.0 Å². The van der Waals surface area contributed by atoms with Crippen LogP contribution < -0.4 is 10.0 Å². The lowest BCUT2D eigenvalue weighted by Crippen LogP contribution is -2.30. The minimum absolute atomic E-state index is 0.0335. The third-order valence-corrected chi connectivity index (χ3v) is 6.20. The van der Waals surface area contributed by atoms with Crippen LogP contribution >= 0.6 is 0 Å². The molecule has 6 heteroatoms. The predicted octanol–water partition coefficient (Wildman–Crippen LogP) is 4.07. The molecule has 2 N–H and O–H groups in total. The lowest BCUT2D eigenvalue weighted by molar-refractivity contribution is -0.116. The van der Waals surface area contributed by atoms with E-state index >= 15 is 0 Å². The van der Waals surface area contributed by atoms with E-state index in [1.807, 2.05) is 18.2 Å². The Bertz CT molecular complexity index is 882. The lowest BCUT2D eigenvalue weighted by atomic mass is 10.0. The van der Waals surface area contributed by atoms with Gasteiger partial charge in [-0.2, -0.15) is 0 Å². The maximum absolute atomic E-state index is 12.5. The molecule has 0 aliphatic carbocycles. The van der Waals surface area contributed by atoms with Crippen LogP contribution in [0.15, 0.2) is 47.4 Å². The molecule has 0 saturated carbocycles. The van der Waals surface area contributed by atoms with Gasteiger partial charge in [0.2, 0.25) is 15.9 Å². The first-order chi connectivity index (χ1) is 13.3. The molecule has 5 nitrogen and oxygen atoms in total. The molecule has 2 aromatic carbocycles. The SMILES string of the molecule is CCc1cccc(CC)c1NC(=O)CCc1ccc(S(=O)(=O)NC(C)C)cc1. The third-order valence-electron chi connectivity index (χ3n) is 4.53. The van der Waals surface area contributed by atoms with E-state index in [4.69, 9.17) is 0 Å². The van der Waals surface area contributed by atoms with Gasteiger partial charge in [-0.3, -0.25) is 4.79 Å². The first-order valence-corrected chi connectivity index (χ1v) is 11.3. The molecule has 0 aliphatic heterocycles. The van der Waals surface area contributed by atoms with E-state index in [-0.39, 0.29) is 16.8 Å². The molecule has 2 rings (SSSR count). The number of para-hydroxylation sites is 1. The highest BCUT2D eigenvalue weighted by Crippen LogP contribution is 2.23. The van der Waals surface area contributed by atoms with Crippen LogP contribution in [0.3, 0.4) is 0 Å². The Kier molecular flexibility index (Phi) is 7.78. The topological polar surface area (TPSA) is 75.3 Å². The highest BCUT2D eigenvalue weighted by atomic mass is 32.2. The van der Waals surface area contributed by atoms with Crippen LogP contribution in [-0.4, -0.2) is 20.4 Å². The molecule has 0 radical (unpaired) electrons. The van der Waals surface area contributed by atoms with E-state index in [0.717, 1.165) is 35.2 Å². The Hall–Kier alpha value is -2.18. The van der Waals surface area contributed by atoms with Crippen LogP contribution in [0.2, 0.25) is 0 Å². The lowest BCUT2D eigenvalue weighted by Gasteiger charge is -2.14. The monoisotopic (exact) mass is 402 g/mol. The zero-order valence-electron chi connectivity index (χ0n) is 17.1. The summed E-state index contributed by atoms with van der Waals surface area (Å²) < 4.78 is 26.9. The molecule has 0 aliphatic rings. The number of rotatable bonds is 9. The summed E-state index contributed by atoms with van der Waals surface area (Å²) in [5, 5.41) is 3.06. The van der Waals surface area contributed by atoms with Crippen LogP contribution in [0, 0.1) is 0 Å². The summed E-state index contributed by atoms with van der Waals surface area (Å²) in [5.41, 5.74) is 4.14. The van der Waals surface area contributed by atoms with Crippen LogP contribution in [0.4, 0.5) is 5.69 Å². The molecule has 0 aromatic heterocycles. The minimum atomic E-state index is -3.49. The van der Waals surface area contributed by atoms with Gasteiger partial charge in [0.25, 0.3) is 0 Å². The van der Waals surface area contributed by atoms with Crippen molar-refractivity contribution in [2.24, 2.45) is 0 Å². The van der Waals surface area contributed by atoms with Crippen molar-refractivity contribution in [1.29, 1.82) is 0 Å².